The quantitative estimate of drug-likeness (QED) is 0.580. The summed E-state index contributed by atoms with van der Waals surface area (Å²) in [5, 5.41) is 2.01. The van der Waals surface area contributed by atoms with Crippen molar-refractivity contribution >= 4 is 33.4 Å². The number of ketones is 2. The molecule has 0 N–H and O–H groups in total. The molecule has 134 valence electrons. The first-order valence-corrected chi connectivity index (χ1v) is 9.16. The van der Waals surface area contributed by atoms with Gasteiger partial charge in [-0.2, -0.15) is 0 Å². The number of carbonyl (C=O) groups excluding carboxylic acids is 2. The number of benzene rings is 2. The number of carbonyl (C=O) groups is 2. The molecule has 1 atom stereocenters. The molecular weight excluding hydrogens is 334 g/mol. The van der Waals surface area contributed by atoms with E-state index in [4.69, 9.17) is 0 Å². The largest absolute Gasteiger partial charge is 0.341 e. The van der Waals surface area contributed by atoms with E-state index in [9.17, 15) is 9.59 Å². The number of allylic oxidation sites excluding steroid dienone is 5. The highest BCUT2D eigenvalue weighted by molar-refractivity contribution is 6.13. The van der Waals surface area contributed by atoms with Gasteiger partial charge >= 0.3 is 0 Å². The van der Waals surface area contributed by atoms with Crippen LogP contribution < -0.4 is 0 Å². The minimum atomic E-state index is -0.320. The monoisotopic (exact) mass is 355 g/mol. The van der Waals surface area contributed by atoms with Crippen LogP contribution in [0, 0.1) is 5.92 Å². The zero-order valence-electron chi connectivity index (χ0n) is 15.5. The van der Waals surface area contributed by atoms with Crippen LogP contribution in [0.1, 0.15) is 34.6 Å². The van der Waals surface area contributed by atoms with Crippen LogP contribution in [-0.4, -0.2) is 16.1 Å². The number of aromatic nitrogens is 1. The van der Waals surface area contributed by atoms with Crippen molar-refractivity contribution in [2.75, 3.05) is 0 Å². The normalized spacial score (nSPS) is 16.4. The van der Waals surface area contributed by atoms with Crippen LogP contribution in [0.5, 0.6) is 0 Å². The van der Waals surface area contributed by atoms with E-state index in [1.54, 1.807) is 6.92 Å². The fourth-order valence-electron chi connectivity index (χ4n) is 3.83. The second kappa shape index (κ2) is 6.51. The molecule has 1 heterocycles. The van der Waals surface area contributed by atoms with Gasteiger partial charge in [-0.25, -0.2) is 0 Å². The predicted octanol–water partition coefficient (Wildman–Crippen LogP) is 5.50. The molecule has 0 aliphatic heterocycles. The lowest BCUT2D eigenvalue weighted by Gasteiger charge is -2.14. The number of Topliss-reactive ketones (excluding diaryl/α,β-unsaturated/α-hetero) is 2. The summed E-state index contributed by atoms with van der Waals surface area (Å²) in [6.07, 6.45) is 7.55. The molecule has 0 spiro atoms. The number of aryl methyl sites for hydroxylation is 1. The van der Waals surface area contributed by atoms with Crippen molar-refractivity contribution in [3.8, 4) is 0 Å². The van der Waals surface area contributed by atoms with Gasteiger partial charge in [-0.05, 0) is 55.8 Å². The Kier molecular flexibility index (Phi) is 4.15. The first-order chi connectivity index (χ1) is 13.0. The van der Waals surface area contributed by atoms with E-state index in [2.05, 4.69) is 18.1 Å². The summed E-state index contributed by atoms with van der Waals surface area (Å²) in [7, 11) is 0. The minimum Gasteiger partial charge on any atom is -0.341 e. The molecule has 1 unspecified atom stereocenters. The van der Waals surface area contributed by atoms with Gasteiger partial charge in [0.15, 0.2) is 11.6 Å². The minimum absolute atomic E-state index is 0.0389. The Morgan fingerprint density at radius 2 is 1.63 bits per heavy atom. The molecular formula is C24H21NO2. The van der Waals surface area contributed by atoms with Crippen LogP contribution in [0.25, 0.3) is 21.8 Å². The lowest BCUT2D eigenvalue weighted by molar-refractivity contribution is 0.0960. The van der Waals surface area contributed by atoms with Crippen molar-refractivity contribution < 1.29 is 9.59 Å². The summed E-state index contributed by atoms with van der Waals surface area (Å²) in [6.45, 7) is 8.49. The van der Waals surface area contributed by atoms with Crippen LogP contribution in [0.3, 0.4) is 0 Å². The Bertz CT molecular complexity index is 1170. The molecule has 0 amide bonds. The van der Waals surface area contributed by atoms with E-state index in [-0.39, 0.29) is 17.5 Å². The van der Waals surface area contributed by atoms with Crippen LogP contribution in [-0.2, 0) is 6.54 Å². The fraction of sp³-hybridized carbons (Fsp3) is 0.167. The molecule has 3 aromatic rings. The molecule has 4 rings (SSSR count). The first kappa shape index (κ1) is 17.2. The van der Waals surface area contributed by atoms with Gasteiger partial charge in [-0.1, -0.05) is 30.9 Å². The van der Waals surface area contributed by atoms with E-state index in [0.717, 1.165) is 33.9 Å². The van der Waals surface area contributed by atoms with Gasteiger partial charge in [-0.3, -0.25) is 9.59 Å². The number of nitrogens with zero attached hydrogens (tertiary/aromatic N) is 1. The predicted molar refractivity (Wildman–Crippen MR) is 110 cm³/mol. The van der Waals surface area contributed by atoms with Crippen LogP contribution in [0.2, 0.25) is 0 Å². The van der Waals surface area contributed by atoms with Crippen molar-refractivity contribution in [1.29, 1.82) is 0 Å². The van der Waals surface area contributed by atoms with E-state index >= 15 is 0 Å². The Morgan fingerprint density at radius 3 is 2.22 bits per heavy atom. The maximum absolute atomic E-state index is 13.0. The Hall–Kier alpha value is -3.20. The molecule has 1 aromatic heterocycles. The van der Waals surface area contributed by atoms with Gasteiger partial charge in [0.1, 0.15) is 0 Å². The summed E-state index contributed by atoms with van der Waals surface area (Å²) >= 11 is 0. The summed E-state index contributed by atoms with van der Waals surface area (Å²) < 4.78 is 2.21. The molecule has 0 radical (unpaired) electrons. The maximum atomic E-state index is 13.0. The Labute approximate surface area is 158 Å². The topological polar surface area (TPSA) is 39.1 Å². The van der Waals surface area contributed by atoms with Crippen molar-refractivity contribution in [3.63, 3.8) is 0 Å². The summed E-state index contributed by atoms with van der Waals surface area (Å²) in [5.74, 6) is -0.237. The third kappa shape index (κ3) is 2.76. The lowest BCUT2D eigenvalue weighted by Crippen LogP contribution is -2.15. The second-order valence-electron chi connectivity index (χ2n) is 6.93. The molecule has 0 saturated heterocycles. The number of rotatable bonds is 4. The van der Waals surface area contributed by atoms with Gasteiger partial charge in [0.2, 0.25) is 0 Å². The zero-order valence-corrected chi connectivity index (χ0v) is 15.5. The van der Waals surface area contributed by atoms with Crippen LogP contribution in [0.4, 0.5) is 0 Å². The first-order valence-electron chi connectivity index (χ1n) is 9.16. The molecule has 27 heavy (non-hydrogen) atoms. The fourth-order valence-corrected chi connectivity index (χ4v) is 3.83. The number of hydrogen-bond donors (Lipinski definition) is 0. The third-order valence-electron chi connectivity index (χ3n) is 5.28. The van der Waals surface area contributed by atoms with Crippen molar-refractivity contribution in [2.24, 2.45) is 5.92 Å². The van der Waals surface area contributed by atoms with Gasteiger partial charge in [0, 0.05) is 39.5 Å². The smallest absolute Gasteiger partial charge is 0.174 e. The summed E-state index contributed by atoms with van der Waals surface area (Å²) in [4.78, 5) is 24.9. The highest BCUT2D eigenvalue weighted by Crippen LogP contribution is 2.32. The average molecular weight is 355 g/mol. The molecule has 3 heteroatoms. The summed E-state index contributed by atoms with van der Waals surface area (Å²) in [5.41, 5.74) is 4.30. The van der Waals surface area contributed by atoms with Crippen molar-refractivity contribution in [1.82, 2.24) is 4.57 Å². The van der Waals surface area contributed by atoms with Gasteiger partial charge in [-0.15, -0.1) is 0 Å². The van der Waals surface area contributed by atoms with Crippen molar-refractivity contribution in [3.05, 3.63) is 84.0 Å². The molecule has 2 aromatic carbocycles. The zero-order chi connectivity index (χ0) is 19.1. The standard InChI is InChI=1S/C24H21NO2/c1-4-25-22-11-9-17(16(3)26)13-20(22)21-14-18(10-12-23(21)25)24(27)19-8-6-5-7-15(19)2/h5-14,19H,2,4H2,1,3H3. The Balaban J connectivity index is 1.91. The highest BCUT2D eigenvalue weighted by Gasteiger charge is 2.21. The average Bonchev–Trinajstić information content (AvgIpc) is 3.00. The third-order valence-corrected chi connectivity index (χ3v) is 5.28. The molecule has 1 aliphatic rings. The van der Waals surface area contributed by atoms with Crippen LogP contribution in [0.15, 0.2) is 72.9 Å². The lowest BCUT2D eigenvalue weighted by atomic mass is 9.88. The number of hydrogen-bond acceptors (Lipinski definition) is 2. The van der Waals surface area contributed by atoms with E-state index in [0.29, 0.717) is 11.1 Å². The number of fused-ring (bicyclic) bond motifs is 3. The second-order valence-corrected chi connectivity index (χ2v) is 6.93. The summed E-state index contributed by atoms with van der Waals surface area (Å²) in [6, 6.07) is 11.6. The van der Waals surface area contributed by atoms with Gasteiger partial charge < -0.3 is 4.57 Å². The van der Waals surface area contributed by atoms with Gasteiger partial charge in [0.25, 0.3) is 0 Å². The van der Waals surface area contributed by atoms with Crippen molar-refractivity contribution in [2.45, 2.75) is 20.4 Å². The van der Waals surface area contributed by atoms with E-state index in [1.807, 2.05) is 60.7 Å². The molecule has 0 fully saturated rings. The highest BCUT2D eigenvalue weighted by atomic mass is 16.1. The van der Waals surface area contributed by atoms with E-state index in [1.165, 1.54) is 0 Å². The molecule has 0 saturated carbocycles. The molecule has 1 aliphatic carbocycles. The Morgan fingerprint density at radius 1 is 1.00 bits per heavy atom. The van der Waals surface area contributed by atoms with E-state index < -0.39 is 0 Å². The van der Waals surface area contributed by atoms with Crippen LogP contribution >= 0.6 is 0 Å². The van der Waals surface area contributed by atoms with Gasteiger partial charge in [0.05, 0.1) is 5.92 Å². The molecule has 0 bridgehead atoms. The molecule has 3 nitrogen and oxygen atoms in total. The SMILES string of the molecule is C=C1C=CC=CC1C(=O)c1ccc2c(c1)c1cc(C(C)=O)ccc1n2CC. The maximum Gasteiger partial charge on any atom is 0.174 e.